The minimum absolute atomic E-state index is 0.708. The summed E-state index contributed by atoms with van der Waals surface area (Å²) in [5.74, 6) is 0.980. The molecule has 0 aliphatic carbocycles. The summed E-state index contributed by atoms with van der Waals surface area (Å²) in [5, 5.41) is 5.05. The van der Waals surface area contributed by atoms with Gasteiger partial charge in [-0.15, -0.1) is 0 Å². The van der Waals surface area contributed by atoms with Gasteiger partial charge in [-0.25, -0.2) is 9.67 Å². The average molecular weight is 299 g/mol. The lowest BCUT2D eigenvalue weighted by Crippen LogP contribution is -2.08. The van der Waals surface area contributed by atoms with Crippen LogP contribution in [0.2, 0.25) is 5.02 Å². The zero-order valence-electron chi connectivity index (χ0n) is 11.5. The Balaban J connectivity index is 1.68. The number of nitrogens with zero attached hydrogens (tertiary/aromatic N) is 4. The quantitative estimate of drug-likeness (QED) is 0.727. The standard InChI is InChI=1S/C16H15ClN4/c17-15-6-3-14(4-7-15)11-21-16(19-12-20-21)8-5-13-2-1-9-18-10-13/h1-4,6-7,9-10,12H,5,8,11H2. The van der Waals surface area contributed by atoms with Crippen molar-refractivity contribution in [1.82, 2.24) is 19.7 Å². The summed E-state index contributed by atoms with van der Waals surface area (Å²) in [7, 11) is 0. The first-order valence-electron chi connectivity index (χ1n) is 6.81. The van der Waals surface area contributed by atoms with Crippen molar-refractivity contribution in [2.24, 2.45) is 0 Å². The number of pyridine rings is 1. The van der Waals surface area contributed by atoms with Gasteiger partial charge in [0.15, 0.2) is 0 Å². The third-order valence-electron chi connectivity index (χ3n) is 3.30. The van der Waals surface area contributed by atoms with E-state index in [2.05, 4.69) is 21.1 Å². The Bertz CT molecular complexity index is 692. The van der Waals surface area contributed by atoms with E-state index >= 15 is 0 Å². The molecule has 0 atom stereocenters. The van der Waals surface area contributed by atoms with Crippen LogP contribution in [0.15, 0.2) is 55.1 Å². The predicted octanol–water partition coefficient (Wildman–Crippen LogP) is 3.16. The lowest BCUT2D eigenvalue weighted by Gasteiger charge is -2.06. The smallest absolute Gasteiger partial charge is 0.138 e. The molecule has 0 spiro atoms. The van der Waals surface area contributed by atoms with Crippen molar-refractivity contribution < 1.29 is 0 Å². The molecule has 0 fully saturated rings. The summed E-state index contributed by atoms with van der Waals surface area (Å²) < 4.78 is 1.93. The molecule has 106 valence electrons. The number of benzene rings is 1. The number of aromatic nitrogens is 4. The molecular formula is C16H15ClN4. The fraction of sp³-hybridized carbons (Fsp3) is 0.188. The van der Waals surface area contributed by atoms with Crippen LogP contribution in [0.4, 0.5) is 0 Å². The van der Waals surface area contributed by atoms with E-state index in [9.17, 15) is 0 Å². The molecule has 1 aromatic carbocycles. The van der Waals surface area contributed by atoms with E-state index in [-0.39, 0.29) is 0 Å². The molecule has 0 N–H and O–H groups in total. The van der Waals surface area contributed by atoms with Crippen molar-refractivity contribution in [2.75, 3.05) is 0 Å². The second-order valence-electron chi connectivity index (χ2n) is 4.82. The minimum Gasteiger partial charge on any atom is -0.264 e. The first-order valence-corrected chi connectivity index (χ1v) is 7.19. The summed E-state index contributed by atoms with van der Waals surface area (Å²) in [6.45, 7) is 0.708. The Kier molecular flexibility index (Phi) is 4.26. The maximum atomic E-state index is 5.90. The van der Waals surface area contributed by atoms with Crippen LogP contribution >= 0.6 is 11.6 Å². The molecule has 5 heteroatoms. The van der Waals surface area contributed by atoms with E-state index in [4.69, 9.17) is 11.6 Å². The van der Waals surface area contributed by atoms with Gasteiger partial charge in [-0.05, 0) is 35.7 Å². The van der Waals surface area contributed by atoms with Gasteiger partial charge in [-0.2, -0.15) is 5.10 Å². The molecule has 21 heavy (non-hydrogen) atoms. The molecule has 0 aliphatic heterocycles. The molecule has 0 bridgehead atoms. The number of halogens is 1. The van der Waals surface area contributed by atoms with E-state index < -0.39 is 0 Å². The highest BCUT2D eigenvalue weighted by atomic mass is 35.5. The maximum absolute atomic E-state index is 5.90. The van der Waals surface area contributed by atoms with Crippen LogP contribution < -0.4 is 0 Å². The van der Waals surface area contributed by atoms with Crippen molar-refractivity contribution >= 4 is 11.6 Å². The third-order valence-corrected chi connectivity index (χ3v) is 3.55. The fourth-order valence-electron chi connectivity index (χ4n) is 2.18. The zero-order valence-corrected chi connectivity index (χ0v) is 12.2. The number of rotatable bonds is 5. The highest BCUT2D eigenvalue weighted by molar-refractivity contribution is 6.30. The van der Waals surface area contributed by atoms with Crippen LogP contribution in [-0.4, -0.2) is 19.7 Å². The van der Waals surface area contributed by atoms with Gasteiger partial charge < -0.3 is 0 Å². The van der Waals surface area contributed by atoms with Crippen molar-refractivity contribution in [2.45, 2.75) is 19.4 Å². The lowest BCUT2D eigenvalue weighted by molar-refractivity contribution is 0.633. The van der Waals surface area contributed by atoms with Crippen molar-refractivity contribution in [3.8, 4) is 0 Å². The SMILES string of the molecule is Clc1ccc(Cn2ncnc2CCc2cccnc2)cc1. The first kappa shape index (κ1) is 13.8. The second-order valence-corrected chi connectivity index (χ2v) is 5.26. The van der Waals surface area contributed by atoms with E-state index in [1.165, 1.54) is 5.56 Å². The molecule has 0 amide bonds. The zero-order chi connectivity index (χ0) is 14.5. The van der Waals surface area contributed by atoms with Gasteiger partial charge in [0.1, 0.15) is 12.2 Å². The fourth-order valence-corrected chi connectivity index (χ4v) is 2.30. The summed E-state index contributed by atoms with van der Waals surface area (Å²) in [6, 6.07) is 11.8. The molecule has 2 aromatic heterocycles. The Morgan fingerprint density at radius 2 is 1.86 bits per heavy atom. The normalized spacial score (nSPS) is 10.7. The van der Waals surface area contributed by atoms with Crippen LogP contribution in [0, 0.1) is 0 Å². The largest absolute Gasteiger partial charge is 0.264 e. The van der Waals surface area contributed by atoms with Gasteiger partial charge in [0.2, 0.25) is 0 Å². The molecule has 4 nitrogen and oxygen atoms in total. The molecular weight excluding hydrogens is 284 g/mol. The average Bonchev–Trinajstić information content (AvgIpc) is 2.96. The summed E-state index contributed by atoms with van der Waals surface area (Å²) in [5.41, 5.74) is 2.37. The van der Waals surface area contributed by atoms with Crippen LogP contribution in [0.25, 0.3) is 0 Å². The maximum Gasteiger partial charge on any atom is 0.138 e. The monoisotopic (exact) mass is 298 g/mol. The Hall–Kier alpha value is -2.20. The molecule has 0 saturated carbocycles. The molecule has 0 unspecified atom stereocenters. The van der Waals surface area contributed by atoms with Gasteiger partial charge in [0.25, 0.3) is 0 Å². The number of hydrogen-bond acceptors (Lipinski definition) is 3. The topological polar surface area (TPSA) is 43.6 Å². The van der Waals surface area contributed by atoms with Crippen LogP contribution in [0.5, 0.6) is 0 Å². The Morgan fingerprint density at radius 1 is 1.00 bits per heavy atom. The summed E-state index contributed by atoms with van der Waals surface area (Å²) in [4.78, 5) is 8.48. The van der Waals surface area contributed by atoms with E-state index in [1.54, 1.807) is 12.5 Å². The van der Waals surface area contributed by atoms with Crippen molar-refractivity contribution in [3.05, 3.63) is 77.1 Å². The van der Waals surface area contributed by atoms with E-state index in [0.29, 0.717) is 6.54 Å². The molecule has 0 saturated heterocycles. The highest BCUT2D eigenvalue weighted by Crippen LogP contribution is 2.11. The highest BCUT2D eigenvalue weighted by Gasteiger charge is 2.06. The minimum atomic E-state index is 0.708. The molecule has 0 aliphatic rings. The molecule has 3 aromatic rings. The summed E-state index contributed by atoms with van der Waals surface area (Å²) >= 11 is 5.90. The Labute approximate surface area is 128 Å². The summed E-state index contributed by atoms with van der Waals surface area (Å²) in [6.07, 6.45) is 7.04. The van der Waals surface area contributed by atoms with Crippen LogP contribution in [0.1, 0.15) is 17.0 Å². The van der Waals surface area contributed by atoms with Crippen LogP contribution in [0.3, 0.4) is 0 Å². The Morgan fingerprint density at radius 3 is 2.62 bits per heavy atom. The van der Waals surface area contributed by atoms with Gasteiger partial charge in [0.05, 0.1) is 6.54 Å². The molecule has 3 rings (SSSR count). The van der Waals surface area contributed by atoms with Gasteiger partial charge in [-0.1, -0.05) is 29.8 Å². The van der Waals surface area contributed by atoms with Gasteiger partial charge in [-0.3, -0.25) is 4.98 Å². The predicted molar refractivity (Wildman–Crippen MR) is 82.2 cm³/mol. The molecule has 2 heterocycles. The lowest BCUT2D eigenvalue weighted by atomic mass is 10.1. The van der Waals surface area contributed by atoms with Gasteiger partial charge >= 0.3 is 0 Å². The van der Waals surface area contributed by atoms with Crippen LogP contribution in [-0.2, 0) is 19.4 Å². The first-order chi connectivity index (χ1) is 10.3. The molecule has 0 radical (unpaired) electrons. The van der Waals surface area contributed by atoms with E-state index in [1.807, 2.05) is 41.2 Å². The number of aryl methyl sites for hydroxylation is 2. The van der Waals surface area contributed by atoms with Gasteiger partial charge in [0, 0.05) is 23.8 Å². The number of hydrogen-bond donors (Lipinski definition) is 0. The van der Waals surface area contributed by atoms with Crippen molar-refractivity contribution in [3.63, 3.8) is 0 Å². The third kappa shape index (κ3) is 3.67. The second kappa shape index (κ2) is 6.50. The van der Waals surface area contributed by atoms with E-state index in [0.717, 1.165) is 29.3 Å². The van der Waals surface area contributed by atoms with Crippen molar-refractivity contribution in [1.29, 1.82) is 0 Å².